The molecule has 2 aromatic rings. The third kappa shape index (κ3) is 2.91. The number of imide groups is 1. The Morgan fingerprint density at radius 3 is 2.16 bits per heavy atom. The van der Waals surface area contributed by atoms with Crippen LogP contribution in [0.3, 0.4) is 0 Å². The van der Waals surface area contributed by atoms with Crippen LogP contribution in [0.2, 0.25) is 5.02 Å². The van der Waals surface area contributed by atoms with Gasteiger partial charge < -0.3 is 4.90 Å². The van der Waals surface area contributed by atoms with Crippen LogP contribution in [0.5, 0.6) is 0 Å². The Balaban J connectivity index is 1.66. The van der Waals surface area contributed by atoms with Crippen molar-refractivity contribution in [1.29, 1.82) is 0 Å². The van der Waals surface area contributed by atoms with Crippen LogP contribution in [0.1, 0.15) is 45.5 Å². The molecule has 1 saturated heterocycles. The molecule has 0 unspecified atom stereocenters. The van der Waals surface area contributed by atoms with Crippen molar-refractivity contribution in [2.24, 2.45) is 0 Å². The van der Waals surface area contributed by atoms with Gasteiger partial charge in [0, 0.05) is 23.8 Å². The quantitative estimate of drug-likeness (QED) is 0.778. The molecular formula is C20H19ClN2O2. The van der Waals surface area contributed by atoms with E-state index < -0.39 is 0 Å². The average Bonchev–Trinajstić information content (AvgIpc) is 2.88. The number of anilines is 1. The first kappa shape index (κ1) is 16.2. The van der Waals surface area contributed by atoms with Crippen molar-refractivity contribution in [2.45, 2.75) is 25.8 Å². The number of rotatable bonds is 3. The number of fused-ring (bicyclic) bond motifs is 1. The minimum Gasteiger partial charge on any atom is -0.371 e. The fourth-order valence-corrected chi connectivity index (χ4v) is 3.87. The standard InChI is InChI=1S/C20H19ClN2O2/c21-15-8-9-18(22-10-4-1-5-11-22)14(12-15)13-23-19(24)16-6-2-3-7-17(16)20(23)25/h2-3,6-9,12H,1,4-5,10-11,13H2. The molecule has 25 heavy (non-hydrogen) atoms. The van der Waals surface area contributed by atoms with Crippen molar-refractivity contribution in [3.05, 3.63) is 64.2 Å². The van der Waals surface area contributed by atoms with Crippen LogP contribution in [0, 0.1) is 0 Å². The van der Waals surface area contributed by atoms with E-state index in [4.69, 9.17) is 11.6 Å². The highest BCUT2D eigenvalue weighted by molar-refractivity contribution is 6.30. The first-order valence-corrected chi connectivity index (χ1v) is 9.01. The Bertz CT molecular complexity index is 808. The minimum absolute atomic E-state index is 0.231. The van der Waals surface area contributed by atoms with Gasteiger partial charge in [-0.2, -0.15) is 0 Å². The van der Waals surface area contributed by atoms with E-state index in [2.05, 4.69) is 4.90 Å². The van der Waals surface area contributed by atoms with Crippen LogP contribution in [-0.4, -0.2) is 29.8 Å². The lowest BCUT2D eigenvalue weighted by Gasteiger charge is -2.31. The maximum atomic E-state index is 12.6. The number of amides is 2. The highest BCUT2D eigenvalue weighted by Gasteiger charge is 2.35. The van der Waals surface area contributed by atoms with Crippen molar-refractivity contribution >= 4 is 29.1 Å². The summed E-state index contributed by atoms with van der Waals surface area (Å²) in [4.78, 5) is 28.9. The molecule has 5 heteroatoms. The lowest BCUT2D eigenvalue weighted by molar-refractivity contribution is 0.0642. The van der Waals surface area contributed by atoms with Crippen molar-refractivity contribution in [2.75, 3.05) is 18.0 Å². The van der Waals surface area contributed by atoms with Crippen LogP contribution in [0.4, 0.5) is 5.69 Å². The van der Waals surface area contributed by atoms with Crippen LogP contribution in [0.15, 0.2) is 42.5 Å². The lowest BCUT2D eigenvalue weighted by Crippen LogP contribution is -2.33. The second-order valence-electron chi connectivity index (χ2n) is 6.56. The summed E-state index contributed by atoms with van der Waals surface area (Å²) < 4.78 is 0. The maximum Gasteiger partial charge on any atom is 0.261 e. The molecule has 2 amide bonds. The Labute approximate surface area is 152 Å². The van der Waals surface area contributed by atoms with Crippen molar-refractivity contribution < 1.29 is 9.59 Å². The third-order valence-corrected chi connectivity index (χ3v) is 5.18. The van der Waals surface area contributed by atoms with Gasteiger partial charge in [0.15, 0.2) is 0 Å². The molecule has 4 nitrogen and oxygen atoms in total. The van der Waals surface area contributed by atoms with E-state index in [1.165, 1.54) is 11.3 Å². The zero-order valence-corrected chi connectivity index (χ0v) is 14.6. The number of carbonyl (C=O) groups is 2. The smallest absolute Gasteiger partial charge is 0.261 e. The molecule has 0 bridgehead atoms. The summed E-state index contributed by atoms with van der Waals surface area (Å²) in [5.41, 5.74) is 2.95. The molecule has 0 aromatic heterocycles. The molecule has 0 radical (unpaired) electrons. The second-order valence-corrected chi connectivity index (χ2v) is 7.00. The molecule has 0 spiro atoms. The molecule has 2 aromatic carbocycles. The van der Waals surface area contributed by atoms with Crippen molar-refractivity contribution in [3.63, 3.8) is 0 Å². The van der Waals surface area contributed by atoms with Gasteiger partial charge in [-0.05, 0) is 55.2 Å². The highest BCUT2D eigenvalue weighted by atomic mass is 35.5. The normalized spacial score (nSPS) is 17.2. The van der Waals surface area contributed by atoms with E-state index >= 15 is 0 Å². The maximum absolute atomic E-state index is 12.6. The number of hydrogen-bond acceptors (Lipinski definition) is 3. The van der Waals surface area contributed by atoms with Crippen LogP contribution in [-0.2, 0) is 6.54 Å². The Morgan fingerprint density at radius 2 is 1.52 bits per heavy atom. The number of halogens is 1. The Kier molecular flexibility index (Phi) is 4.22. The number of benzene rings is 2. The zero-order chi connectivity index (χ0) is 17.4. The summed E-state index contributed by atoms with van der Waals surface area (Å²) in [6.45, 7) is 2.24. The molecule has 2 aliphatic rings. The summed E-state index contributed by atoms with van der Waals surface area (Å²) in [5.74, 6) is -0.463. The van der Waals surface area contributed by atoms with E-state index in [-0.39, 0.29) is 18.4 Å². The number of hydrogen-bond donors (Lipinski definition) is 0. The number of nitrogens with zero attached hydrogens (tertiary/aromatic N) is 2. The fraction of sp³-hybridized carbons (Fsp3) is 0.300. The first-order chi connectivity index (χ1) is 12.1. The predicted molar refractivity (Wildman–Crippen MR) is 98.2 cm³/mol. The second kappa shape index (κ2) is 6.52. The first-order valence-electron chi connectivity index (χ1n) is 8.64. The minimum atomic E-state index is -0.231. The number of piperidine rings is 1. The topological polar surface area (TPSA) is 40.6 Å². The summed E-state index contributed by atoms with van der Waals surface area (Å²) in [7, 11) is 0. The Morgan fingerprint density at radius 1 is 0.880 bits per heavy atom. The molecule has 0 saturated carbocycles. The van der Waals surface area contributed by atoms with E-state index in [0.717, 1.165) is 37.2 Å². The van der Waals surface area contributed by atoms with E-state index in [9.17, 15) is 9.59 Å². The largest absolute Gasteiger partial charge is 0.371 e. The monoisotopic (exact) mass is 354 g/mol. The van der Waals surface area contributed by atoms with Gasteiger partial charge in [-0.15, -0.1) is 0 Å². The summed E-state index contributed by atoms with van der Waals surface area (Å²) in [6, 6.07) is 12.7. The van der Waals surface area contributed by atoms with E-state index in [1.54, 1.807) is 24.3 Å². The molecule has 0 aliphatic carbocycles. The molecule has 128 valence electrons. The molecule has 2 aliphatic heterocycles. The van der Waals surface area contributed by atoms with Gasteiger partial charge in [-0.3, -0.25) is 14.5 Å². The molecule has 1 fully saturated rings. The zero-order valence-electron chi connectivity index (χ0n) is 13.9. The highest BCUT2D eigenvalue weighted by Crippen LogP contribution is 2.31. The lowest BCUT2D eigenvalue weighted by atomic mass is 10.1. The summed E-state index contributed by atoms with van der Waals surface area (Å²) >= 11 is 6.20. The van der Waals surface area contributed by atoms with Gasteiger partial charge >= 0.3 is 0 Å². The van der Waals surface area contributed by atoms with Crippen molar-refractivity contribution in [3.8, 4) is 0 Å². The molecule has 0 N–H and O–H groups in total. The van der Waals surface area contributed by atoms with Gasteiger partial charge in [0.2, 0.25) is 0 Å². The molecular weight excluding hydrogens is 336 g/mol. The van der Waals surface area contributed by atoms with Gasteiger partial charge in [-0.25, -0.2) is 0 Å². The Hall–Kier alpha value is -2.33. The molecule has 4 rings (SSSR count). The number of carbonyl (C=O) groups excluding carboxylic acids is 2. The fourth-order valence-electron chi connectivity index (χ4n) is 3.68. The average molecular weight is 355 g/mol. The van der Waals surface area contributed by atoms with E-state index in [0.29, 0.717) is 16.1 Å². The van der Waals surface area contributed by atoms with Crippen LogP contribution < -0.4 is 4.90 Å². The summed E-state index contributed by atoms with van der Waals surface area (Å²) in [6.07, 6.45) is 3.57. The van der Waals surface area contributed by atoms with E-state index in [1.807, 2.05) is 18.2 Å². The van der Waals surface area contributed by atoms with Gasteiger partial charge in [-0.1, -0.05) is 23.7 Å². The van der Waals surface area contributed by atoms with Gasteiger partial charge in [0.25, 0.3) is 11.8 Å². The van der Waals surface area contributed by atoms with Crippen LogP contribution in [0.25, 0.3) is 0 Å². The molecule has 2 heterocycles. The molecule has 0 atom stereocenters. The van der Waals surface area contributed by atoms with Gasteiger partial charge in [0.1, 0.15) is 0 Å². The SMILES string of the molecule is O=C1c2ccccc2C(=O)N1Cc1cc(Cl)ccc1N1CCCCC1. The third-order valence-electron chi connectivity index (χ3n) is 4.94. The predicted octanol–water partition coefficient (Wildman–Crippen LogP) is 4.13. The van der Waals surface area contributed by atoms with Gasteiger partial charge in [0.05, 0.1) is 17.7 Å². The van der Waals surface area contributed by atoms with Crippen LogP contribution >= 0.6 is 11.6 Å². The van der Waals surface area contributed by atoms with Crippen molar-refractivity contribution in [1.82, 2.24) is 4.90 Å². The summed E-state index contributed by atoms with van der Waals surface area (Å²) in [5, 5.41) is 0.618.